The molecule has 0 fully saturated rings. The molecule has 0 amide bonds. The number of nitrogens with one attached hydrogen (secondary N) is 1. The second-order valence-electron chi connectivity index (χ2n) is 5.48. The molecule has 2 N–H and O–H groups in total. The summed E-state index contributed by atoms with van der Waals surface area (Å²) in [6.07, 6.45) is -0.550. The van der Waals surface area contributed by atoms with E-state index in [1.807, 2.05) is 50.2 Å². The van der Waals surface area contributed by atoms with Crippen LogP contribution in [-0.2, 0) is 0 Å². The maximum Gasteiger partial charge on any atom is 0.122 e. The summed E-state index contributed by atoms with van der Waals surface area (Å²) in [7, 11) is 0. The van der Waals surface area contributed by atoms with Crippen LogP contribution in [0, 0.1) is 20.8 Å². The molecule has 2 aromatic rings. The molecule has 0 heterocycles. The van der Waals surface area contributed by atoms with Gasteiger partial charge in [0, 0.05) is 12.2 Å². The minimum Gasteiger partial charge on any atom is -0.491 e. The highest BCUT2D eigenvalue weighted by Crippen LogP contribution is 2.19. The van der Waals surface area contributed by atoms with Crippen LogP contribution in [0.5, 0.6) is 5.75 Å². The second kappa shape index (κ2) is 7.14. The Balaban J connectivity index is 1.80. The van der Waals surface area contributed by atoms with Crippen molar-refractivity contribution in [1.82, 2.24) is 0 Å². The van der Waals surface area contributed by atoms with Gasteiger partial charge in [-0.2, -0.15) is 0 Å². The minimum atomic E-state index is -0.550. The van der Waals surface area contributed by atoms with Gasteiger partial charge in [-0.05, 0) is 50.1 Å². The Kier molecular flexibility index (Phi) is 5.23. The zero-order valence-corrected chi connectivity index (χ0v) is 12.9. The molecule has 1 atom stereocenters. The Labute approximate surface area is 126 Å². The molecule has 0 aliphatic heterocycles. The molecule has 0 saturated carbocycles. The van der Waals surface area contributed by atoms with E-state index in [9.17, 15) is 5.11 Å². The Bertz CT molecular complexity index is 578. The maximum absolute atomic E-state index is 10.00. The van der Waals surface area contributed by atoms with E-state index in [2.05, 4.69) is 18.3 Å². The lowest BCUT2D eigenvalue weighted by Gasteiger charge is -2.15. The fourth-order valence-electron chi connectivity index (χ4n) is 2.01. The third-order valence-corrected chi connectivity index (χ3v) is 3.37. The number of hydrogen-bond acceptors (Lipinski definition) is 3. The summed E-state index contributed by atoms with van der Waals surface area (Å²) in [5.41, 5.74) is 4.47. The van der Waals surface area contributed by atoms with Crippen LogP contribution >= 0.6 is 0 Å². The largest absolute Gasteiger partial charge is 0.491 e. The van der Waals surface area contributed by atoms with Crippen LogP contribution in [0.1, 0.15) is 16.7 Å². The first-order valence-corrected chi connectivity index (χ1v) is 7.23. The van der Waals surface area contributed by atoms with Gasteiger partial charge in [0.05, 0.1) is 0 Å². The van der Waals surface area contributed by atoms with Crippen molar-refractivity contribution in [1.29, 1.82) is 0 Å². The summed E-state index contributed by atoms with van der Waals surface area (Å²) in [6.45, 7) is 6.83. The van der Waals surface area contributed by atoms with E-state index in [1.54, 1.807) is 0 Å². The zero-order valence-electron chi connectivity index (χ0n) is 12.9. The lowest BCUT2D eigenvalue weighted by atomic mass is 10.1. The summed E-state index contributed by atoms with van der Waals surface area (Å²) >= 11 is 0. The van der Waals surface area contributed by atoms with Crippen LogP contribution in [0.3, 0.4) is 0 Å². The van der Waals surface area contributed by atoms with E-state index < -0.39 is 6.10 Å². The molecular formula is C18H23NO2. The molecule has 21 heavy (non-hydrogen) atoms. The topological polar surface area (TPSA) is 41.5 Å². The Morgan fingerprint density at radius 2 is 1.67 bits per heavy atom. The van der Waals surface area contributed by atoms with Crippen molar-refractivity contribution in [2.45, 2.75) is 26.9 Å². The molecule has 0 aliphatic carbocycles. The third kappa shape index (κ3) is 4.80. The molecule has 0 aromatic heterocycles. The first-order valence-electron chi connectivity index (χ1n) is 7.23. The van der Waals surface area contributed by atoms with Crippen molar-refractivity contribution in [3.8, 4) is 5.75 Å². The first-order chi connectivity index (χ1) is 10.0. The van der Waals surface area contributed by atoms with Gasteiger partial charge in [-0.25, -0.2) is 0 Å². The molecule has 0 radical (unpaired) electrons. The summed E-state index contributed by atoms with van der Waals surface area (Å²) in [5.74, 6) is 0.837. The second-order valence-corrected chi connectivity index (χ2v) is 5.48. The van der Waals surface area contributed by atoms with Crippen LogP contribution in [0.25, 0.3) is 0 Å². The van der Waals surface area contributed by atoms with Gasteiger partial charge in [-0.1, -0.05) is 29.8 Å². The van der Waals surface area contributed by atoms with E-state index in [0.717, 1.165) is 22.6 Å². The molecule has 3 nitrogen and oxygen atoms in total. The highest BCUT2D eigenvalue weighted by atomic mass is 16.5. The highest BCUT2D eigenvalue weighted by Gasteiger charge is 2.07. The average Bonchev–Trinajstić information content (AvgIpc) is 2.47. The fraction of sp³-hybridized carbons (Fsp3) is 0.333. The van der Waals surface area contributed by atoms with E-state index in [1.165, 1.54) is 5.56 Å². The number of aryl methyl sites for hydroxylation is 3. The minimum absolute atomic E-state index is 0.281. The number of benzene rings is 2. The number of ether oxygens (including phenoxy) is 1. The molecule has 0 spiro atoms. The van der Waals surface area contributed by atoms with Crippen LogP contribution in [0.4, 0.5) is 5.69 Å². The van der Waals surface area contributed by atoms with Gasteiger partial charge < -0.3 is 15.2 Å². The molecule has 112 valence electrons. The van der Waals surface area contributed by atoms with E-state index in [0.29, 0.717) is 6.54 Å². The molecule has 1 unspecified atom stereocenters. The quantitative estimate of drug-likeness (QED) is 0.854. The van der Waals surface area contributed by atoms with Gasteiger partial charge in [0.15, 0.2) is 0 Å². The van der Waals surface area contributed by atoms with Crippen molar-refractivity contribution in [3.05, 3.63) is 59.2 Å². The van der Waals surface area contributed by atoms with E-state index in [-0.39, 0.29) is 6.61 Å². The fourth-order valence-corrected chi connectivity index (χ4v) is 2.01. The number of hydrogen-bond donors (Lipinski definition) is 2. The number of rotatable bonds is 6. The predicted molar refractivity (Wildman–Crippen MR) is 87.1 cm³/mol. The third-order valence-electron chi connectivity index (χ3n) is 3.37. The summed E-state index contributed by atoms with van der Waals surface area (Å²) in [5, 5.41) is 13.2. The van der Waals surface area contributed by atoms with Crippen LogP contribution in [-0.4, -0.2) is 24.4 Å². The summed E-state index contributed by atoms with van der Waals surface area (Å²) in [6, 6.07) is 14.2. The normalized spacial score (nSPS) is 12.0. The molecular weight excluding hydrogens is 262 g/mol. The number of aliphatic hydroxyl groups excluding tert-OH is 1. The van der Waals surface area contributed by atoms with Crippen molar-refractivity contribution in [3.63, 3.8) is 0 Å². The van der Waals surface area contributed by atoms with Gasteiger partial charge in [0.25, 0.3) is 0 Å². The lowest BCUT2D eigenvalue weighted by molar-refractivity contribution is 0.117. The molecule has 0 bridgehead atoms. The summed E-state index contributed by atoms with van der Waals surface area (Å²) in [4.78, 5) is 0. The first kappa shape index (κ1) is 15.4. The van der Waals surface area contributed by atoms with Gasteiger partial charge in [-0.15, -0.1) is 0 Å². The Hall–Kier alpha value is -2.00. The monoisotopic (exact) mass is 285 g/mol. The summed E-state index contributed by atoms with van der Waals surface area (Å²) < 4.78 is 5.70. The molecule has 3 heteroatoms. The number of aliphatic hydroxyl groups is 1. The standard InChI is InChI=1S/C18H23NO2/c1-13-5-8-16(9-6-13)19-11-17(20)12-21-18-10-14(2)4-7-15(18)3/h4-10,17,19-20H,11-12H2,1-3H3. The molecule has 0 saturated heterocycles. The van der Waals surface area contributed by atoms with E-state index in [4.69, 9.17) is 4.74 Å². The SMILES string of the molecule is Cc1ccc(NCC(O)COc2cc(C)ccc2C)cc1. The lowest BCUT2D eigenvalue weighted by Crippen LogP contribution is -2.26. The van der Waals surface area contributed by atoms with Crippen molar-refractivity contribution in [2.75, 3.05) is 18.5 Å². The average molecular weight is 285 g/mol. The van der Waals surface area contributed by atoms with Gasteiger partial charge in [-0.3, -0.25) is 0 Å². The highest BCUT2D eigenvalue weighted by molar-refractivity contribution is 5.44. The smallest absolute Gasteiger partial charge is 0.122 e. The molecule has 2 aromatic carbocycles. The van der Waals surface area contributed by atoms with Crippen LogP contribution in [0.15, 0.2) is 42.5 Å². The van der Waals surface area contributed by atoms with Crippen LogP contribution < -0.4 is 10.1 Å². The van der Waals surface area contributed by atoms with E-state index >= 15 is 0 Å². The van der Waals surface area contributed by atoms with Gasteiger partial charge in [0.1, 0.15) is 18.5 Å². The Morgan fingerprint density at radius 1 is 1.00 bits per heavy atom. The van der Waals surface area contributed by atoms with Gasteiger partial charge in [0.2, 0.25) is 0 Å². The zero-order chi connectivity index (χ0) is 15.2. The van der Waals surface area contributed by atoms with Crippen molar-refractivity contribution >= 4 is 5.69 Å². The maximum atomic E-state index is 10.00. The predicted octanol–water partition coefficient (Wildman–Crippen LogP) is 3.46. The van der Waals surface area contributed by atoms with Crippen molar-refractivity contribution in [2.24, 2.45) is 0 Å². The van der Waals surface area contributed by atoms with Gasteiger partial charge >= 0.3 is 0 Å². The van der Waals surface area contributed by atoms with Crippen molar-refractivity contribution < 1.29 is 9.84 Å². The Morgan fingerprint density at radius 3 is 2.38 bits per heavy atom. The molecule has 0 aliphatic rings. The molecule has 2 rings (SSSR count). The van der Waals surface area contributed by atoms with Crippen LogP contribution in [0.2, 0.25) is 0 Å². The number of anilines is 1.